The molecule has 2 aromatic carbocycles. The number of thioether (sulfide) groups is 1. The van der Waals surface area contributed by atoms with Crippen molar-refractivity contribution < 1.29 is 19.1 Å². The molecule has 5 nitrogen and oxygen atoms in total. The fraction of sp³-hybridized carbons (Fsp3) is 0.182. The largest absolute Gasteiger partial charge is 0.490 e. The number of ether oxygens (including phenoxy) is 2. The van der Waals surface area contributed by atoms with Crippen LogP contribution in [-0.4, -0.2) is 29.2 Å². The maximum Gasteiger partial charge on any atom is 0.293 e. The van der Waals surface area contributed by atoms with Crippen LogP contribution in [0.5, 0.6) is 11.5 Å². The van der Waals surface area contributed by atoms with Crippen LogP contribution in [0.1, 0.15) is 18.1 Å². The molecule has 1 saturated heterocycles. The van der Waals surface area contributed by atoms with Gasteiger partial charge in [-0.25, -0.2) is 0 Å². The molecule has 1 heterocycles. The van der Waals surface area contributed by atoms with Crippen LogP contribution in [0.4, 0.5) is 4.79 Å². The lowest BCUT2D eigenvalue weighted by Crippen LogP contribution is -2.27. The summed E-state index contributed by atoms with van der Waals surface area (Å²) in [4.78, 5) is 26.0. The van der Waals surface area contributed by atoms with E-state index in [0.717, 1.165) is 36.7 Å². The SMILES string of the molecule is C=CCN1C(=O)S/C(=C/c2cc(OCC)c(OCc3ccc(Br)cc3)cc2Br)C1=O. The average Bonchev–Trinajstić information content (AvgIpc) is 2.98. The molecule has 3 rings (SSSR count). The number of hydrogen-bond acceptors (Lipinski definition) is 5. The number of imide groups is 1. The summed E-state index contributed by atoms with van der Waals surface area (Å²) in [5, 5.41) is -0.304. The third kappa shape index (κ3) is 5.36. The van der Waals surface area contributed by atoms with Crippen LogP contribution in [0, 0.1) is 0 Å². The van der Waals surface area contributed by atoms with Gasteiger partial charge in [-0.1, -0.05) is 50.1 Å². The summed E-state index contributed by atoms with van der Waals surface area (Å²) in [5.74, 6) is 0.822. The standard InChI is InChI=1S/C22H19Br2NO4S/c1-3-9-25-21(26)20(30-22(25)27)11-15-10-18(28-4-2)19(12-17(15)24)29-13-14-5-7-16(23)8-6-14/h3,5-8,10-12H,1,4,9,13H2,2H3/b20-11+. The predicted octanol–water partition coefficient (Wildman–Crippen LogP) is 6.41. The van der Waals surface area contributed by atoms with E-state index in [9.17, 15) is 9.59 Å². The van der Waals surface area contributed by atoms with Gasteiger partial charge in [0, 0.05) is 15.5 Å². The highest BCUT2D eigenvalue weighted by Crippen LogP contribution is 2.38. The van der Waals surface area contributed by atoms with Gasteiger partial charge in [-0.15, -0.1) is 6.58 Å². The molecule has 0 saturated carbocycles. The maximum absolute atomic E-state index is 12.5. The maximum atomic E-state index is 12.5. The second-order valence-corrected chi connectivity index (χ2v) is 9.01. The number of rotatable bonds is 8. The van der Waals surface area contributed by atoms with Gasteiger partial charge in [0.2, 0.25) is 0 Å². The lowest BCUT2D eigenvalue weighted by Gasteiger charge is -2.14. The van der Waals surface area contributed by atoms with E-state index in [0.29, 0.717) is 29.6 Å². The molecule has 0 bridgehead atoms. The van der Waals surface area contributed by atoms with Crippen molar-refractivity contribution in [3.05, 3.63) is 74.0 Å². The summed E-state index contributed by atoms with van der Waals surface area (Å²) in [7, 11) is 0. The van der Waals surface area contributed by atoms with Crippen LogP contribution in [0.3, 0.4) is 0 Å². The molecule has 156 valence electrons. The molecule has 0 N–H and O–H groups in total. The molecule has 0 radical (unpaired) electrons. The molecule has 0 spiro atoms. The Morgan fingerprint density at radius 1 is 1.10 bits per heavy atom. The molecule has 1 aliphatic rings. The van der Waals surface area contributed by atoms with Crippen LogP contribution >= 0.6 is 43.6 Å². The smallest absolute Gasteiger partial charge is 0.293 e. The third-order valence-corrected chi connectivity index (χ3v) is 6.27. The van der Waals surface area contributed by atoms with E-state index in [2.05, 4.69) is 38.4 Å². The van der Waals surface area contributed by atoms with Crippen LogP contribution in [0.2, 0.25) is 0 Å². The zero-order valence-electron chi connectivity index (χ0n) is 16.2. The summed E-state index contributed by atoms with van der Waals surface area (Å²) in [6, 6.07) is 11.5. The van der Waals surface area contributed by atoms with Gasteiger partial charge in [-0.05, 0) is 60.2 Å². The van der Waals surface area contributed by atoms with Crippen molar-refractivity contribution in [3.63, 3.8) is 0 Å². The normalized spacial score (nSPS) is 15.0. The van der Waals surface area contributed by atoms with Crippen LogP contribution in [0.25, 0.3) is 6.08 Å². The zero-order valence-corrected chi connectivity index (χ0v) is 20.2. The molecule has 0 atom stereocenters. The van der Waals surface area contributed by atoms with E-state index >= 15 is 0 Å². The molecule has 2 amide bonds. The second kappa shape index (κ2) is 10.3. The fourth-order valence-corrected chi connectivity index (χ4v) is 4.25. The number of amides is 2. The Kier molecular flexibility index (Phi) is 7.80. The Bertz CT molecular complexity index is 1000. The molecule has 30 heavy (non-hydrogen) atoms. The highest BCUT2D eigenvalue weighted by Gasteiger charge is 2.34. The highest BCUT2D eigenvalue weighted by atomic mass is 79.9. The summed E-state index contributed by atoms with van der Waals surface area (Å²) < 4.78 is 13.5. The van der Waals surface area contributed by atoms with Crippen molar-refractivity contribution >= 4 is 60.8 Å². The van der Waals surface area contributed by atoms with Gasteiger partial charge in [-0.2, -0.15) is 0 Å². The zero-order chi connectivity index (χ0) is 21.7. The Morgan fingerprint density at radius 2 is 1.80 bits per heavy atom. The molecule has 0 aromatic heterocycles. The van der Waals surface area contributed by atoms with Gasteiger partial charge in [0.1, 0.15) is 6.61 Å². The van der Waals surface area contributed by atoms with E-state index in [1.54, 1.807) is 12.1 Å². The number of carbonyl (C=O) groups excluding carboxylic acids is 2. The van der Waals surface area contributed by atoms with Gasteiger partial charge in [0.25, 0.3) is 11.1 Å². The predicted molar refractivity (Wildman–Crippen MR) is 127 cm³/mol. The topological polar surface area (TPSA) is 55.8 Å². The quantitative estimate of drug-likeness (QED) is 0.280. The first-order valence-corrected chi connectivity index (χ1v) is 11.5. The van der Waals surface area contributed by atoms with Crippen molar-refractivity contribution in [3.8, 4) is 11.5 Å². The average molecular weight is 553 g/mol. The molecular weight excluding hydrogens is 534 g/mol. The summed E-state index contributed by atoms with van der Waals surface area (Å²) in [6.07, 6.45) is 3.21. The molecule has 0 unspecified atom stereocenters. The Morgan fingerprint density at radius 3 is 2.47 bits per heavy atom. The number of carbonyl (C=O) groups is 2. The van der Waals surface area contributed by atoms with Crippen LogP contribution in [-0.2, 0) is 11.4 Å². The molecule has 1 aliphatic heterocycles. The van der Waals surface area contributed by atoms with Gasteiger partial charge in [0.15, 0.2) is 11.5 Å². The summed E-state index contributed by atoms with van der Waals surface area (Å²) in [6.45, 7) is 6.52. The van der Waals surface area contributed by atoms with Crippen LogP contribution in [0.15, 0.2) is 62.9 Å². The third-order valence-electron chi connectivity index (χ3n) is 4.14. The van der Waals surface area contributed by atoms with Crippen molar-refractivity contribution in [2.24, 2.45) is 0 Å². The number of nitrogens with zero attached hydrogens (tertiary/aromatic N) is 1. The summed E-state index contributed by atoms with van der Waals surface area (Å²) >= 11 is 7.87. The molecule has 8 heteroatoms. The first-order chi connectivity index (χ1) is 14.4. The molecule has 1 fully saturated rings. The van der Waals surface area contributed by atoms with E-state index in [4.69, 9.17) is 9.47 Å². The van der Waals surface area contributed by atoms with Gasteiger partial charge >= 0.3 is 0 Å². The monoisotopic (exact) mass is 551 g/mol. The molecule has 0 aliphatic carbocycles. The van der Waals surface area contributed by atoms with E-state index < -0.39 is 0 Å². The van der Waals surface area contributed by atoms with Crippen molar-refractivity contribution in [2.45, 2.75) is 13.5 Å². The molecular formula is C22H19Br2NO4S. The van der Waals surface area contributed by atoms with Crippen molar-refractivity contribution in [1.29, 1.82) is 0 Å². The number of halogens is 2. The fourth-order valence-electron chi connectivity index (χ4n) is 2.71. The second-order valence-electron chi connectivity index (χ2n) is 6.25. The van der Waals surface area contributed by atoms with Crippen molar-refractivity contribution in [1.82, 2.24) is 4.90 Å². The highest BCUT2D eigenvalue weighted by molar-refractivity contribution is 9.10. The lowest BCUT2D eigenvalue weighted by molar-refractivity contribution is -0.122. The van der Waals surface area contributed by atoms with Gasteiger partial charge < -0.3 is 9.47 Å². The number of benzene rings is 2. The minimum Gasteiger partial charge on any atom is -0.490 e. The first-order valence-electron chi connectivity index (χ1n) is 9.12. The molecule has 2 aromatic rings. The first kappa shape index (κ1) is 22.7. The van der Waals surface area contributed by atoms with Gasteiger partial charge in [0.05, 0.1) is 11.5 Å². The van der Waals surface area contributed by atoms with E-state index in [1.807, 2.05) is 37.3 Å². The van der Waals surface area contributed by atoms with Crippen molar-refractivity contribution in [2.75, 3.05) is 13.2 Å². The Hall–Kier alpha value is -2.03. The minimum atomic E-state index is -0.328. The van der Waals surface area contributed by atoms with Gasteiger partial charge in [-0.3, -0.25) is 14.5 Å². The Balaban J connectivity index is 1.85. The van der Waals surface area contributed by atoms with E-state index in [-0.39, 0.29) is 17.7 Å². The van der Waals surface area contributed by atoms with Crippen LogP contribution < -0.4 is 9.47 Å². The minimum absolute atomic E-state index is 0.191. The summed E-state index contributed by atoms with van der Waals surface area (Å²) in [5.41, 5.74) is 1.75. The number of hydrogen-bond donors (Lipinski definition) is 0. The Labute approximate surface area is 196 Å². The van der Waals surface area contributed by atoms with E-state index in [1.165, 1.54) is 6.08 Å². The lowest BCUT2D eigenvalue weighted by atomic mass is 10.1.